The van der Waals surface area contributed by atoms with Crippen molar-refractivity contribution in [3.63, 3.8) is 0 Å². The van der Waals surface area contributed by atoms with E-state index in [1.165, 1.54) is 7.11 Å². The van der Waals surface area contributed by atoms with Crippen LogP contribution in [-0.2, 0) is 4.79 Å². The quantitative estimate of drug-likeness (QED) is 0.820. The summed E-state index contributed by atoms with van der Waals surface area (Å²) in [4.78, 5) is 12.0. The van der Waals surface area contributed by atoms with Crippen molar-refractivity contribution < 1.29 is 14.3 Å². The molecule has 23 heavy (non-hydrogen) atoms. The van der Waals surface area contributed by atoms with Crippen LogP contribution in [0.5, 0.6) is 11.5 Å². The summed E-state index contributed by atoms with van der Waals surface area (Å²) in [5.41, 5.74) is 1.25. The zero-order valence-electron chi connectivity index (χ0n) is 12.7. The molecule has 0 heterocycles. The van der Waals surface area contributed by atoms with Crippen molar-refractivity contribution in [3.8, 4) is 11.5 Å². The summed E-state index contributed by atoms with van der Waals surface area (Å²) in [6, 6.07) is 10.2. The van der Waals surface area contributed by atoms with Gasteiger partial charge in [0.2, 0.25) is 5.91 Å². The van der Waals surface area contributed by atoms with Gasteiger partial charge in [0.15, 0.2) is 11.5 Å². The molecule has 0 saturated carbocycles. The van der Waals surface area contributed by atoms with E-state index in [0.717, 1.165) is 0 Å². The second-order valence-corrected chi connectivity index (χ2v) is 5.44. The van der Waals surface area contributed by atoms with Gasteiger partial charge in [0.05, 0.1) is 31.5 Å². The lowest BCUT2D eigenvalue weighted by Crippen LogP contribution is -2.21. The summed E-state index contributed by atoms with van der Waals surface area (Å²) in [5, 5.41) is 6.71. The van der Waals surface area contributed by atoms with Crippen LogP contribution in [-0.4, -0.2) is 26.7 Å². The number of carbonyl (C=O) groups is 1. The van der Waals surface area contributed by atoms with Gasteiger partial charge in [0.25, 0.3) is 0 Å². The van der Waals surface area contributed by atoms with E-state index in [0.29, 0.717) is 32.9 Å². The lowest BCUT2D eigenvalue weighted by atomic mass is 10.2. The number of hydrogen-bond donors (Lipinski definition) is 2. The first-order chi connectivity index (χ1) is 11.0. The minimum Gasteiger partial charge on any atom is -0.493 e. The van der Waals surface area contributed by atoms with Crippen LogP contribution in [0, 0.1) is 0 Å². The number of hydrogen-bond acceptors (Lipinski definition) is 4. The molecule has 2 aromatic rings. The summed E-state index contributed by atoms with van der Waals surface area (Å²) >= 11 is 11.9. The molecule has 0 radical (unpaired) electrons. The highest BCUT2D eigenvalue weighted by Crippen LogP contribution is 2.29. The number of anilines is 2. The molecule has 0 aliphatic carbocycles. The first kappa shape index (κ1) is 17.2. The number of amides is 1. The van der Waals surface area contributed by atoms with Crippen molar-refractivity contribution >= 4 is 40.5 Å². The molecule has 0 aromatic heterocycles. The van der Waals surface area contributed by atoms with Crippen molar-refractivity contribution in [3.05, 3.63) is 46.4 Å². The average molecular weight is 355 g/mol. The highest BCUT2D eigenvalue weighted by atomic mass is 35.5. The molecule has 0 aliphatic rings. The highest BCUT2D eigenvalue weighted by Gasteiger charge is 2.08. The fraction of sp³-hybridized carbons (Fsp3) is 0.188. The van der Waals surface area contributed by atoms with Crippen molar-refractivity contribution in [2.24, 2.45) is 0 Å². The summed E-state index contributed by atoms with van der Waals surface area (Å²) in [6.45, 7) is 0.0652. The Balaban J connectivity index is 1.97. The molecular weight excluding hydrogens is 339 g/mol. The van der Waals surface area contributed by atoms with E-state index < -0.39 is 0 Å². The SMILES string of the molecule is COc1ccc(NC(=O)CNc2ccc(Cl)cc2Cl)cc1OC. The minimum absolute atomic E-state index is 0.0652. The van der Waals surface area contributed by atoms with E-state index in [9.17, 15) is 4.79 Å². The molecule has 0 fully saturated rings. The lowest BCUT2D eigenvalue weighted by Gasteiger charge is -2.12. The van der Waals surface area contributed by atoms with Crippen LogP contribution in [0.3, 0.4) is 0 Å². The van der Waals surface area contributed by atoms with Gasteiger partial charge in [-0.05, 0) is 30.3 Å². The Bertz CT molecular complexity index is 708. The fourth-order valence-corrected chi connectivity index (χ4v) is 2.40. The highest BCUT2D eigenvalue weighted by molar-refractivity contribution is 6.36. The van der Waals surface area contributed by atoms with E-state index >= 15 is 0 Å². The van der Waals surface area contributed by atoms with Crippen LogP contribution >= 0.6 is 23.2 Å². The van der Waals surface area contributed by atoms with E-state index in [2.05, 4.69) is 10.6 Å². The third kappa shape index (κ3) is 4.68. The maximum absolute atomic E-state index is 12.0. The second-order valence-electron chi connectivity index (χ2n) is 4.60. The van der Waals surface area contributed by atoms with E-state index in [-0.39, 0.29) is 12.5 Å². The van der Waals surface area contributed by atoms with Gasteiger partial charge in [0.1, 0.15) is 0 Å². The van der Waals surface area contributed by atoms with Crippen LogP contribution in [0.25, 0.3) is 0 Å². The smallest absolute Gasteiger partial charge is 0.243 e. The van der Waals surface area contributed by atoms with Gasteiger partial charge in [-0.1, -0.05) is 23.2 Å². The number of ether oxygens (including phenoxy) is 2. The summed E-state index contributed by atoms with van der Waals surface area (Å²) in [7, 11) is 3.09. The summed E-state index contributed by atoms with van der Waals surface area (Å²) in [6.07, 6.45) is 0. The number of nitrogens with one attached hydrogen (secondary N) is 2. The molecule has 2 aromatic carbocycles. The number of benzene rings is 2. The molecule has 5 nitrogen and oxygen atoms in total. The summed E-state index contributed by atoms with van der Waals surface area (Å²) < 4.78 is 10.3. The van der Waals surface area contributed by atoms with Gasteiger partial charge in [0, 0.05) is 16.8 Å². The van der Waals surface area contributed by atoms with E-state index in [1.807, 2.05) is 0 Å². The molecule has 0 atom stereocenters. The van der Waals surface area contributed by atoms with Crippen LogP contribution in [0.2, 0.25) is 10.0 Å². The van der Waals surface area contributed by atoms with E-state index in [4.69, 9.17) is 32.7 Å². The Labute approximate surface area is 144 Å². The lowest BCUT2D eigenvalue weighted by molar-refractivity contribution is -0.114. The van der Waals surface area contributed by atoms with Crippen molar-refractivity contribution in [2.75, 3.05) is 31.4 Å². The predicted octanol–water partition coefficient (Wildman–Crippen LogP) is 4.06. The molecule has 0 spiro atoms. The van der Waals surface area contributed by atoms with Gasteiger partial charge < -0.3 is 20.1 Å². The molecule has 0 saturated heterocycles. The average Bonchev–Trinajstić information content (AvgIpc) is 2.54. The molecule has 0 bridgehead atoms. The van der Waals surface area contributed by atoms with Crippen LogP contribution in [0.15, 0.2) is 36.4 Å². The maximum atomic E-state index is 12.0. The molecule has 0 aliphatic heterocycles. The Morgan fingerprint density at radius 3 is 2.43 bits per heavy atom. The molecule has 2 rings (SSSR count). The molecular formula is C16H16Cl2N2O3. The van der Waals surface area contributed by atoms with Crippen molar-refractivity contribution in [2.45, 2.75) is 0 Å². The van der Waals surface area contributed by atoms with Gasteiger partial charge in [-0.25, -0.2) is 0 Å². The maximum Gasteiger partial charge on any atom is 0.243 e. The zero-order valence-corrected chi connectivity index (χ0v) is 14.2. The van der Waals surface area contributed by atoms with Crippen LogP contribution in [0.1, 0.15) is 0 Å². The normalized spacial score (nSPS) is 10.1. The Hall–Kier alpha value is -2.11. The van der Waals surface area contributed by atoms with Gasteiger partial charge in [-0.2, -0.15) is 0 Å². The minimum atomic E-state index is -0.219. The molecule has 1 amide bonds. The third-order valence-electron chi connectivity index (χ3n) is 3.04. The standard InChI is InChI=1S/C16H16Cl2N2O3/c1-22-14-6-4-11(8-15(14)23-2)20-16(21)9-19-13-5-3-10(17)7-12(13)18/h3-8,19H,9H2,1-2H3,(H,20,21). The predicted molar refractivity (Wildman–Crippen MR) is 93.1 cm³/mol. The zero-order chi connectivity index (χ0) is 16.8. The van der Waals surface area contributed by atoms with Crippen LogP contribution in [0.4, 0.5) is 11.4 Å². The van der Waals surface area contributed by atoms with E-state index in [1.54, 1.807) is 43.5 Å². The van der Waals surface area contributed by atoms with Crippen molar-refractivity contribution in [1.82, 2.24) is 0 Å². The van der Waals surface area contributed by atoms with Gasteiger partial charge in [-0.15, -0.1) is 0 Å². The monoisotopic (exact) mass is 354 g/mol. The third-order valence-corrected chi connectivity index (χ3v) is 3.59. The van der Waals surface area contributed by atoms with Gasteiger partial charge in [-0.3, -0.25) is 4.79 Å². The first-order valence-corrected chi connectivity index (χ1v) is 7.50. The molecule has 122 valence electrons. The molecule has 7 heteroatoms. The number of rotatable bonds is 6. The Morgan fingerprint density at radius 1 is 1.04 bits per heavy atom. The van der Waals surface area contributed by atoms with Gasteiger partial charge >= 0.3 is 0 Å². The first-order valence-electron chi connectivity index (χ1n) is 6.74. The fourth-order valence-electron chi connectivity index (χ4n) is 1.93. The topological polar surface area (TPSA) is 59.6 Å². The largest absolute Gasteiger partial charge is 0.493 e. The van der Waals surface area contributed by atoms with Crippen molar-refractivity contribution in [1.29, 1.82) is 0 Å². The number of carbonyl (C=O) groups excluding carboxylic acids is 1. The number of halogens is 2. The second kappa shape index (κ2) is 7.94. The molecule has 0 unspecified atom stereocenters. The number of methoxy groups -OCH3 is 2. The van der Waals surface area contributed by atoms with Crippen LogP contribution < -0.4 is 20.1 Å². The Morgan fingerprint density at radius 2 is 1.78 bits per heavy atom. The summed E-state index contributed by atoms with van der Waals surface area (Å²) in [5.74, 6) is 0.916. The molecule has 2 N–H and O–H groups in total. The Kier molecular flexibility index (Phi) is 5.96.